The van der Waals surface area contributed by atoms with E-state index >= 15 is 0 Å². The first kappa shape index (κ1) is 16.6. The van der Waals surface area contributed by atoms with Gasteiger partial charge in [-0.2, -0.15) is 4.57 Å². The lowest BCUT2D eigenvalue weighted by atomic mass is 10.1. The Labute approximate surface area is 146 Å². The Bertz CT molecular complexity index is 905. The molecule has 0 aliphatic carbocycles. The molecule has 1 aromatic heterocycles. The van der Waals surface area contributed by atoms with Crippen LogP contribution >= 0.6 is 0 Å². The quantitative estimate of drug-likeness (QED) is 0.575. The van der Waals surface area contributed by atoms with Crippen LogP contribution in [0.15, 0.2) is 79.1 Å². The van der Waals surface area contributed by atoms with Gasteiger partial charge in [0.1, 0.15) is 0 Å². The maximum Gasteiger partial charge on any atom is 0.290 e. The SMILES string of the molecule is CC(=O)c1cccc(NC(=O)C[n+]2cccc(-c3ccccc3)c2)c1. The van der Waals surface area contributed by atoms with Crippen molar-refractivity contribution in [3.05, 3.63) is 84.7 Å². The van der Waals surface area contributed by atoms with Crippen molar-refractivity contribution >= 4 is 17.4 Å². The molecule has 4 heteroatoms. The summed E-state index contributed by atoms with van der Waals surface area (Å²) in [6.07, 6.45) is 3.80. The number of pyridine rings is 1. The van der Waals surface area contributed by atoms with E-state index < -0.39 is 0 Å². The summed E-state index contributed by atoms with van der Waals surface area (Å²) in [6.45, 7) is 1.71. The first-order chi connectivity index (χ1) is 12.1. The molecule has 124 valence electrons. The van der Waals surface area contributed by atoms with Crippen LogP contribution in [0.1, 0.15) is 17.3 Å². The van der Waals surface area contributed by atoms with Crippen molar-refractivity contribution in [2.24, 2.45) is 0 Å². The van der Waals surface area contributed by atoms with Gasteiger partial charge in [0.15, 0.2) is 18.2 Å². The van der Waals surface area contributed by atoms with Gasteiger partial charge in [0, 0.05) is 22.9 Å². The number of ketones is 1. The van der Waals surface area contributed by atoms with Gasteiger partial charge in [-0.05, 0) is 30.7 Å². The summed E-state index contributed by atoms with van der Waals surface area (Å²) in [4.78, 5) is 23.7. The van der Waals surface area contributed by atoms with Crippen molar-refractivity contribution in [2.45, 2.75) is 13.5 Å². The number of Topliss-reactive ketones (excluding diaryl/α,β-unsaturated/α-hetero) is 1. The molecule has 3 aromatic rings. The van der Waals surface area contributed by atoms with E-state index in [2.05, 4.69) is 5.32 Å². The van der Waals surface area contributed by atoms with E-state index in [1.54, 1.807) is 24.3 Å². The lowest BCUT2D eigenvalue weighted by molar-refractivity contribution is -0.683. The van der Waals surface area contributed by atoms with Gasteiger partial charge in [0.25, 0.3) is 5.91 Å². The molecule has 0 saturated heterocycles. The van der Waals surface area contributed by atoms with Crippen molar-refractivity contribution < 1.29 is 14.2 Å². The second kappa shape index (κ2) is 7.53. The number of nitrogens with zero attached hydrogens (tertiary/aromatic N) is 1. The van der Waals surface area contributed by atoms with Crippen LogP contribution in [0.5, 0.6) is 0 Å². The van der Waals surface area contributed by atoms with Crippen LogP contribution in [-0.4, -0.2) is 11.7 Å². The number of carbonyl (C=O) groups excluding carboxylic acids is 2. The maximum atomic E-state index is 12.3. The van der Waals surface area contributed by atoms with Gasteiger partial charge in [0.05, 0.1) is 0 Å². The molecular weight excluding hydrogens is 312 g/mol. The number of rotatable bonds is 5. The van der Waals surface area contributed by atoms with Crippen molar-refractivity contribution in [1.82, 2.24) is 0 Å². The van der Waals surface area contributed by atoms with Crippen LogP contribution in [0.3, 0.4) is 0 Å². The Hall–Kier alpha value is -3.27. The van der Waals surface area contributed by atoms with Crippen LogP contribution in [-0.2, 0) is 11.3 Å². The fraction of sp³-hybridized carbons (Fsp3) is 0.0952. The molecule has 0 unspecified atom stereocenters. The van der Waals surface area contributed by atoms with E-state index in [1.807, 2.05) is 59.4 Å². The van der Waals surface area contributed by atoms with E-state index in [9.17, 15) is 9.59 Å². The van der Waals surface area contributed by atoms with Gasteiger partial charge in [-0.3, -0.25) is 9.59 Å². The first-order valence-corrected chi connectivity index (χ1v) is 8.07. The van der Waals surface area contributed by atoms with Crippen LogP contribution in [0.4, 0.5) is 5.69 Å². The lowest BCUT2D eigenvalue weighted by Crippen LogP contribution is -2.39. The second-order valence-corrected chi connectivity index (χ2v) is 5.82. The number of anilines is 1. The van der Waals surface area contributed by atoms with Crippen molar-refractivity contribution in [1.29, 1.82) is 0 Å². The Morgan fingerprint density at radius 3 is 2.44 bits per heavy atom. The summed E-state index contributed by atoms with van der Waals surface area (Å²) >= 11 is 0. The van der Waals surface area contributed by atoms with E-state index in [4.69, 9.17) is 0 Å². The van der Waals surface area contributed by atoms with Gasteiger partial charge in [0.2, 0.25) is 6.54 Å². The zero-order valence-electron chi connectivity index (χ0n) is 14.0. The number of hydrogen-bond acceptors (Lipinski definition) is 2. The first-order valence-electron chi connectivity index (χ1n) is 8.07. The molecule has 0 aliphatic rings. The molecule has 4 nitrogen and oxygen atoms in total. The van der Waals surface area contributed by atoms with Crippen LogP contribution in [0.25, 0.3) is 11.1 Å². The molecule has 0 radical (unpaired) electrons. The highest BCUT2D eigenvalue weighted by Gasteiger charge is 2.11. The van der Waals surface area contributed by atoms with Gasteiger partial charge in [-0.25, -0.2) is 0 Å². The highest BCUT2D eigenvalue weighted by Crippen LogP contribution is 2.16. The number of amides is 1. The summed E-state index contributed by atoms with van der Waals surface area (Å²) in [6, 6.07) is 20.9. The van der Waals surface area contributed by atoms with Crippen LogP contribution < -0.4 is 9.88 Å². The van der Waals surface area contributed by atoms with Gasteiger partial charge < -0.3 is 5.32 Å². The molecule has 0 spiro atoms. The van der Waals surface area contributed by atoms with E-state index in [0.717, 1.165) is 11.1 Å². The summed E-state index contributed by atoms with van der Waals surface area (Å²) < 4.78 is 1.84. The Morgan fingerprint density at radius 1 is 0.920 bits per heavy atom. The minimum Gasteiger partial charge on any atom is -0.321 e. The van der Waals surface area contributed by atoms with Gasteiger partial charge >= 0.3 is 0 Å². The molecule has 25 heavy (non-hydrogen) atoms. The predicted octanol–water partition coefficient (Wildman–Crippen LogP) is 3.48. The minimum atomic E-state index is -0.143. The number of benzene rings is 2. The van der Waals surface area contributed by atoms with E-state index in [1.165, 1.54) is 6.92 Å². The number of carbonyl (C=O) groups is 2. The maximum absolute atomic E-state index is 12.3. The topological polar surface area (TPSA) is 50.1 Å². The summed E-state index contributed by atoms with van der Waals surface area (Å²) in [7, 11) is 0. The average molecular weight is 331 g/mol. The summed E-state index contributed by atoms with van der Waals surface area (Å²) in [5.74, 6) is -0.169. The molecule has 0 saturated carbocycles. The average Bonchev–Trinajstić information content (AvgIpc) is 2.63. The largest absolute Gasteiger partial charge is 0.321 e. The van der Waals surface area contributed by atoms with Crippen LogP contribution in [0.2, 0.25) is 0 Å². The van der Waals surface area contributed by atoms with Gasteiger partial charge in [-0.1, -0.05) is 42.5 Å². The lowest BCUT2D eigenvalue weighted by Gasteiger charge is -2.05. The van der Waals surface area contributed by atoms with Crippen molar-refractivity contribution in [3.8, 4) is 11.1 Å². The Morgan fingerprint density at radius 2 is 1.68 bits per heavy atom. The normalized spacial score (nSPS) is 10.3. The number of hydrogen-bond donors (Lipinski definition) is 1. The molecule has 1 amide bonds. The Balaban J connectivity index is 1.71. The van der Waals surface area contributed by atoms with E-state index in [0.29, 0.717) is 11.3 Å². The zero-order valence-corrected chi connectivity index (χ0v) is 14.0. The Kier molecular flexibility index (Phi) is 5.00. The third-order valence-electron chi connectivity index (χ3n) is 3.84. The highest BCUT2D eigenvalue weighted by molar-refractivity contribution is 5.96. The molecule has 0 atom stereocenters. The second-order valence-electron chi connectivity index (χ2n) is 5.82. The molecule has 0 fully saturated rings. The van der Waals surface area contributed by atoms with E-state index in [-0.39, 0.29) is 18.2 Å². The predicted molar refractivity (Wildman–Crippen MR) is 97.1 cm³/mol. The third-order valence-corrected chi connectivity index (χ3v) is 3.84. The molecule has 2 aromatic carbocycles. The monoisotopic (exact) mass is 331 g/mol. The third kappa shape index (κ3) is 4.38. The molecule has 1 N–H and O–H groups in total. The molecular formula is C21H19N2O2+. The van der Waals surface area contributed by atoms with Crippen molar-refractivity contribution in [2.75, 3.05) is 5.32 Å². The number of aromatic nitrogens is 1. The molecule has 1 heterocycles. The van der Waals surface area contributed by atoms with Crippen molar-refractivity contribution in [3.63, 3.8) is 0 Å². The molecule has 3 rings (SSSR count). The fourth-order valence-corrected chi connectivity index (χ4v) is 2.60. The molecule has 0 aliphatic heterocycles. The smallest absolute Gasteiger partial charge is 0.290 e. The summed E-state index contributed by atoms with van der Waals surface area (Å²) in [5, 5.41) is 2.83. The summed E-state index contributed by atoms with van der Waals surface area (Å²) in [5.41, 5.74) is 3.36. The van der Waals surface area contributed by atoms with Crippen LogP contribution in [0, 0.1) is 0 Å². The fourth-order valence-electron chi connectivity index (χ4n) is 2.60. The van der Waals surface area contributed by atoms with Gasteiger partial charge in [-0.15, -0.1) is 0 Å². The molecule has 0 bridgehead atoms. The standard InChI is InChI=1S/C21H18N2O2/c1-16(24)18-9-5-11-20(13-18)22-21(25)15-23-12-6-10-19(14-23)17-7-3-2-4-8-17/h2-14H,15H2,1H3/p+1. The number of nitrogens with one attached hydrogen (secondary N) is 1. The zero-order chi connectivity index (χ0) is 17.6. The highest BCUT2D eigenvalue weighted by atomic mass is 16.2. The minimum absolute atomic E-state index is 0.0268.